The van der Waals surface area contributed by atoms with Gasteiger partial charge in [-0.2, -0.15) is 0 Å². The van der Waals surface area contributed by atoms with Gasteiger partial charge in [0.05, 0.1) is 11.1 Å². The highest BCUT2D eigenvalue weighted by atomic mass is 32.1. The Morgan fingerprint density at radius 2 is 1.58 bits per heavy atom. The molecule has 0 unspecified atom stereocenters. The van der Waals surface area contributed by atoms with Crippen molar-refractivity contribution in [2.75, 3.05) is 6.54 Å². The number of hydrogen-bond acceptors (Lipinski definition) is 5. The number of pyridine rings is 1. The lowest BCUT2D eigenvalue weighted by molar-refractivity contribution is 0.0648. The molecule has 0 radical (unpaired) electrons. The third-order valence-electron chi connectivity index (χ3n) is 6.43. The van der Waals surface area contributed by atoms with Crippen molar-refractivity contribution in [3.05, 3.63) is 114 Å². The molecule has 0 spiro atoms. The molecule has 0 aliphatic carbocycles. The molecule has 0 saturated heterocycles. The first-order valence-corrected chi connectivity index (χ1v) is 12.6. The number of hydrogen-bond donors (Lipinski definition) is 3. The summed E-state index contributed by atoms with van der Waals surface area (Å²) in [5.41, 5.74) is 7.80. The highest BCUT2D eigenvalue weighted by molar-refractivity contribution is 7.80. The first kappa shape index (κ1) is 25.0. The van der Waals surface area contributed by atoms with Crippen molar-refractivity contribution in [1.29, 1.82) is 0 Å². The Bertz CT molecular complexity index is 1490. The molecule has 2 heterocycles. The maximum Gasteiger partial charge on any atom is 0.269 e. The molecule has 38 heavy (non-hydrogen) atoms. The van der Waals surface area contributed by atoms with Crippen LogP contribution in [-0.4, -0.2) is 45.3 Å². The van der Waals surface area contributed by atoms with Crippen LogP contribution >= 0.6 is 12.2 Å². The minimum atomic E-state index is -0.335. The van der Waals surface area contributed by atoms with Crippen LogP contribution in [-0.2, 0) is 6.42 Å². The summed E-state index contributed by atoms with van der Waals surface area (Å²) in [6, 6.07) is 23.7. The average Bonchev–Trinajstić information content (AvgIpc) is 3.19. The van der Waals surface area contributed by atoms with Gasteiger partial charge in [0.25, 0.3) is 17.7 Å². The zero-order valence-electron chi connectivity index (χ0n) is 20.4. The van der Waals surface area contributed by atoms with Crippen LogP contribution in [0.1, 0.15) is 43.1 Å². The van der Waals surface area contributed by atoms with Crippen LogP contribution in [0.15, 0.2) is 91.3 Å². The molecule has 1 atom stereocenters. The number of fused-ring (bicyclic) bond motifs is 2. The summed E-state index contributed by atoms with van der Waals surface area (Å²) in [7, 11) is 0. The topological polar surface area (TPSA) is 103 Å². The summed E-state index contributed by atoms with van der Waals surface area (Å²) in [4.78, 5) is 43.6. The third kappa shape index (κ3) is 5.52. The number of carbonyl (C=O) groups is 3. The maximum atomic E-state index is 12.8. The average molecular weight is 524 g/mol. The lowest BCUT2D eigenvalue weighted by atomic mass is 10.0. The zero-order valence-corrected chi connectivity index (χ0v) is 21.2. The number of thiocarbonyl (C=S) groups is 1. The molecule has 0 saturated carbocycles. The summed E-state index contributed by atoms with van der Waals surface area (Å²) in [6.07, 6.45) is 4.49. The zero-order chi connectivity index (χ0) is 26.5. The Hall–Kier alpha value is -4.63. The van der Waals surface area contributed by atoms with E-state index in [1.807, 2.05) is 42.5 Å². The summed E-state index contributed by atoms with van der Waals surface area (Å²) in [5, 5.41) is 5.30. The van der Waals surface area contributed by atoms with Gasteiger partial charge in [0.1, 0.15) is 0 Å². The Kier molecular flexibility index (Phi) is 7.37. The van der Waals surface area contributed by atoms with E-state index >= 15 is 0 Å². The van der Waals surface area contributed by atoms with E-state index in [0.717, 1.165) is 16.3 Å². The van der Waals surface area contributed by atoms with Crippen molar-refractivity contribution >= 4 is 45.8 Å². The van der Waals surface area contributed by atoms with E-state index in [9.17, 15) is 14.4 Å². The largest absolute Gasteiger partial charge is 0.358 e. The Morgan fingerprint density at radius 3 is 2.32 bits per heavy atom. The molecule has 4 aromatic rings. The van der Waals surface area contributed by atoms with Crippen molar-refractivity contribution in [2.45, 2.75) is 18.9 Å². The molecule has 1 aliphatic rings. The minimum Gasteiger partial charge on any atom is -0.358 e. The quantitative estimate of drug-likeness (QED) is 0.193. The van der Waals surface area contributed by atoms with Gasteiger partial charge in [-0.05, 0) is 66.3 Å². The number of nitrogens with one attached hydrogen (secondary N) is 3. The van der Waals surface area contributed by atoms with Gasteiger partial charge in [-0.3, -0.25) is 35.1 Å². The molecular weight excluding hydrogens is 498 g/mol. The van der Waals surface area contributed by atoms with Crippen LogP contribution < -0.4 is 16.2 Å². The van der Waals surface area contributed by atoms with Gasteiger partial charge in [-0.1, -0.05) is 48.5 Å². The van der Waals surface area contributed by atoms with Gasteiger partial charge >= 0.3 is 0 Å². The SMILES string of the molecule is O=C(NNC(=S)N[C@H](CCN1C(=O)c2ccccc2C1=O)Cc1ccccc1)c1ccc2cnccc2c1. The summed E-state index contributed by atoms with van der Waals surface area (Å²) < 4.78 is 0. The third-order valence-corrected chi connectivity index (χ3v) is 6.65. The van der Waals surface area contributed by atoms with Crippen molar-refractivity contribution in [3.8, 4) is 0 Å². The Labute approximate surface area is 225 Å². The lowest BCUT2D eigenvalue weighted by Crippen LogP contribution is -2.50. The van der Waals surface area contributed by atoms with Gasteiger partial charge in [-0.15, -0.1) is 0 Å². The van der Waals surface area contributed by atoms with Gasteiger partial charge in [0, 0.05) is 35.9 Å². The number of aromatic nitrogens is 1. The second-order valence-electron chi connectivity index (χ2n) is 8.97. The van der Waals surface area contributed by atoms with E-state index in [1.54, 1.807) is 48.8 Å². The molecule has 3 amide bonds. The van der Waals surface area contributed by atoms with Gasteiger partial charge in [0.2, 0.25) is 0 Å². The number of hydrazine groups is 1. The van der Waals surface area contributed by atoms with Crippen LogP contribution in [0.25, 0.3) is 10.8 Å². The fourth-order valence-corrected chi connectivity index (χ4v) is 4.70. The molecule has 190 valence electrons. The van der Waals surface area contributed by atoms with E-state index < -0.39 is 0 Å². The number of benzene rings is 3. The van der Waals surface area contributed by atoms with Crippen molar-refractivity contribution < 1.29 is 14.4 Å². The highest BCUT2D eigenvalue weighted by Crippen LogP contribution is 2.23. The molecule has 5 rings (SSSR count). The lowest BCUT2D eigenvalue weighted by Gasteiger charge is -2.23. The minimum absolute atomic E-state index is 0.202. The number of amides is 3. The summed E-state index contributed by atoms with van der Waals surface area (Å²) in [6.45, 7) is 0.234. The summed E-state index contributed by atoms with van der Waals surface area (Å²) in [5.74, 6) is -0.912. The van der Waals surface area contributed by atoms with E-state index in [2.05, 4.69) is 21.2 Å². The normalized spacial score (nSPS) is 13.2. The molecule has 8 nitrogen and oxygen atoms in total. The fraction of sp³-hybridized carbons (Fsp3) is 0.138. The van der Waals surface area contributed by atoms with Crippen molar-refractivity contribution in [1.82, 2.24) is 26.1 Å². The van der Waals surface area contributed by atoms with Crippen LogP contribution in [0.3, 0.4) is 0 Å². The smallest absolute Gasteiger partial charge is 0.269 e. The number of carbonyl (C=O) groups excluding carboxylic acids is 3. The second kappa shape index (κ2) is 11.2. The van der Waals surface area contributed by atoms with Gasteiger partial charge in [-0.25, -0.2) is 0 Å². The van der Waals surface area contributed by atoms with Crippen LogP contribution in [0.2, 0.25) is 0 Å². The molecule has 9 heteroatoms. The molecular formula is C29H25N5O3S. The van der Waals surface area contributed by atoms with Crippen LogP contribution in [0.4, 0.5) is 0 Å². The van der Waals surface area contributed by atoms with E-state index in [-0.39, 0.29) is 35.4 Å². The maximum absolute atomic E-state index is 12.8. The Balaban J connectivity index is 1.21. The molecule has 3 aromatic carbocycles. The summed E-state index contributed by atoms with van der Waals surface area (Å²) >= 11 is 5.45. The van der Waals surface area contributed by atoms with E-state index in [4.69, 9.17) is 12.2 Å². The number of rotatable bonds is 7. The molecule has 0 bridgehead atoms. The van der Waals surface area contributed by atoms with E-state index in [0.29, 0.717) is 29.5 Å². The van der Waals surface area contributed by atoms with E-state index in [1.165, 1.54) is 4.90 Å². The number of imide groups is 1. The van der Waals surface area contributed by atoms with Gasteiger partial charge < -0.3 is 5.32 Å². The second-order valence-corrected chi connectivity index (χ2v) is 9.38. The first-order chi connectivity index (χ1) is 18.5. The van der Waals surface area contributed by atoms with Crippen molar-refractivity contribution in [2.24, 2.45) is 0 Å². The predicted molar refractivity (Wildman–Crippen MR) is 148 cm³/mol. The Morgan fingerprint density at radius 1 is 0.868 bits per heavy atom. The molecule has 1 aliphatic heterocycles. The molecule has 3 N–H and O–H groups in total. The first-order valence-electron chi connectivity index (χ1n) is 12.2. The van der Waals surface area contributed by atoms with Crippen molar-refractivity contribution in [3.63, 3.8) is 0 Å². The standard InChI is InChI=1S/C29H25N5O3S/c35-26(21-10-11-22-18-30-14-12-20(22)17-21)32-33-29(38)31-23(16-19-6-2-1-3-7-19)13-15-34-27(36)24-8-4-5-9-25(24)28(34)37/h1-12,14,17-18,23H,13,15-16H2,(H,32,35)(H2,31,33,38)/t23-/m1/s1. The molecule has 0 fully saturated rings. The van der Waals surface area contributed by atoms with Gasteiger partial charge in [0.15, 0.2) is 5.11 Å². The monoisotopic (exact) mass is 523 g/mol. The highest BCUT2D eigenvalue weighted by Gasteiger charge is 2.35. The predicted octanol–water partition coefficient (Wildman–Crippen LogP) is 3.64. The fourth-order valence-electron chi connectivity index (χ4n) is 4.48. The van der Waals surface area contributed by atoms with Crippen LogP contribution in [0.5, 0.6) is 0 Å². The van der Waals surface area contributed by atoms with Crippen LogP contribution in [0, 0.1) is 0 Å². The molecule has 1 aromatic heterocycles. The number of nitrogens with zero attached hydrogens (tertiary/aromatic N) is 2.